The van der Waals surface area contributed by atoms with Crippen molar-refractivity contribution in [3.63, 3.8) is 0 Å². The normalized spacial score (nSPS) is 16.5. The fourth-order valence-electron chi connectivity index (χ4n) is 4.23. The number of hydrogen-bond donors (Lipinski definition) is 0. The molecule has 1 unspecified atom stereocenters. The molecule has 2 aromatic rings. The van der Waals surface area contributed by atoms with Gasteiger partial charge in [-0.1, -0.05) is 62.0 Å². The number of hydrogen-bond acceptors (Lipinski definition) is 2. The van der Waals surface area contributed by atoms with Gasteiger partial charge in [0, 0.05) is 17.3 Å². The first kappa shape index (κ1) is 21.5. The van der Waals surface area contributed by atoms with E-state index >= 15 is 0 Å². The van der Waals surface area contributed by atoms with Crippen molar-refractivity contribution in [2.75, 3.05) is 13.7 Å². The molecule has 1 aliphatic rings. The zero-order valence-electron chi connectivity index (χ0n) is 17.7. The minimum absolute atomic E-state index is 0.257. The standard InChI is InChI=1S/C26H32ClNO/c1-5-21-11-12-24(22-13-15-25(27)16-14-22)18-23(21)10-9-19(2)28-17-7-6-8-26(28)20(3)29-4/h11-16,18,26H,2-3,5-10,17H2,1,4H3. The van der Waals surface area contributed by atoms with Crippen LogP contribution >= 0.6 is 11.6 Å². The number of halogens is 1. The van der Waals surface area contributed by atoms with E-state index in [4.69, 9.17) is 16.3 Å². The monoisotopic (exact) mass is 409 g/mol. The predicted molar refractivity (Wildman–Crippen MR) is 124 cm³/mol. The van der Waals surface area contributed by atoms with Crippen LogP contribution in [0.1, 0.15) is 43.7 Å². The molecule has 0 N–H and O–H groups in total. The average Bonchev–Trinajstić information content (AvgIpc) is 2.77. The summed E-state index contributed by atoms with van der Waals surface area (Å²) in [5, 5.41) is 0.768. The third-order valence-corrected chi connectivity index (χ3v) is 6.24. The van der Waals surface area contributed by atoms with E-state index < -0.39 is 0 Å². The number of rotatable bonds is 8. The number of methoxy groups -OCH3 is 1. The summed E-state index contributed by atoms with van der Waals surface area (Å²) in [5.41, 5.74) is 6.44. The minimum Gasteiger partial charge on any atom is -0.500 e. The molecule has 2 nitrogen and oxygen atoms in total. The zero-order valence-corrected chi connectivity index (χ0v) is 18.5. The fraction of sp³-hybridized carbons (Fsp3) is 0.385. The van der Waals surface area contributed by atoms with E-state index in [0.29, 0.717) is 0 Å². The van der Waals surface area contributed by atoms with Crippen molar-refractivity contribution in [3.8, 4) is 11.1 Å². The van der Waals surface area contributed by atoms with Gasteiger partial charge in [-0.2, -0.15) is 0 Å². The smallest absolute Gasteiger partial charge is 0.111 e. The first-order valence-electron chi connectivity index (χ1n) is 10.6. The molecule has 1 heterocycles. The van der Waals surface area contributed by atoms with Gasteiger partial charge in [0.15, 0.2) is 0 Å². The molecule has 0 aliphatic carbocycles. The molecule has 0 radical (unpaired) electrons. The summed E-state index contributed by atoms with van der Waals surface area (Å²) in [5.74, 6) is 0.852. The summed E-state index contributed by atoms with van der Waals surface area (Å²) < 4.78 is 5.46. The van der Waals surface area contributed by atoms with Crippen LogP contribution in [0.4, 0.5) is 0 Å². The van der Waals surface area contributed by atoms with Crippen LogP contribution in [0.15, 0.2) is 67.1 Å². The second-order valence-electron chi connectivity index (χ2n) is 7.79. The van der Waals surface area contributed by atoms with Gasteiger partial charge in [0.2, 0.25) is 0 Å². The maximum absolute atomic E-state index is 6.05. The van der Waals surface area contributed by atoms with Crippen LogP contribution in [0.2, 0.25) is 5.02 Å². The molecule has 1 saturated heterocycles. The van der Waals surface area contributed by atoms with Crippen LogP contribution in [0.5, 0.6) is 0 Å². The van der Waals surface area contributed by atoms with Gasteiger partial charge in [0.25, 0.3) is 0 Å². The largest absolute Gasteiger partial charge is 0.500 e. The Kier molecular flexibility index (Phi) is 7.44. The van der Waals surface area contributed by atoms with Gasteiger partial charge in [-0.15, -0.1) is 0 Å². The van der Waals surface area contributed by atoms with E-state index in [2.05, 4.69) is 55.3 Å². The van der Waals surface area contributed by atoms with Crippen molar-refractivity contribution < 1.29 is 4.74 Å². The number of piperidine rings is 1. The van der Waals surface area contributed by atoms with E-state index in [1.807, 2.05) is 12.1 Å². The number of aryl methyl sites for hydroxylation is 2. The Morgan fingerprint density at radius 3 is 2.48 bits per heavy atom. The quantitative estimate of drug-likeness (QED) is 0.434. The Morgan fingerprint density at radius 2 is 1.79 bits per heavy atom. The summed E-state index contributed by atoms with van der Waals surface area (Å²) in [6.45, 7) is 11.8. The molecule has 0 spiro atoms. The van der Waals surface area contributed by atoms with Gasteiger partial charge >= 0.3 is 0 Å². The molecular formula is C26H32ClNO. The number of ether oxygens (including phenoxy) is 1. The SMILES string of the molecule is C=C(OC)C1CCCCN1C(=C)CCc1cc(-c2ccc(Cl)cc2)ccc1CC. The average molecular weight is 410 g/mol. The van der Waals surface area contributed by atoms with Crippen LogP contribution in [-0.2, 0) is 17.6 Å². The van der Waals surface area contributed by atoms with Gasteiger partial charge in [-0.05, 0) is 72.9 Å². The number of allylic oxidation sites excluding steroid dienone is 1. The Hall–Kier alpha value is -2.19. The summed E-state index contributed by atoms with van der Waals surface area (Å²) in [6, 6.07) is 15.1. The molecule has 3 rings (SSSR count). The van der Waals surface area contributed by atoms with Crippen molar-refractivity contribution in [2.24, 2.45) is 0 Å². The maximum Gasteiger partial charge on any atom is 0.111 e. The number of benzene rings is 2. The van der Waals surface area contributed by atoms with Crippen LogP contribution in [0.3, 0.4) is 0 Å². The highest BCUT2D eigenvalue weighted by atomic mass is 35.5. The van der Waals surface area contributed by atoms with Crippen molar-refractivity contribution in [3.05, 3.63) is 83.2 Å². The minimum atomic E-state index is 0.257. The van der Waals surface area contributed by atoms with Crippen molar-refractivity contribution in [1.82, 2.24) is 4.90 Å². The molecule has 2 aromatic carbocycles. The van der Waals surface area contributed by atoms with Crippen molar-refractivity contribution in [2.45, 2.75) is 51.5 Å². The maximum atomic E-state index is 6.05. The van der Waals surface area contributed by atoms with Gasteiger partial charge in [-0.3, -0.25) is 0 Å². The van der Waals surface area contributed by atoms with E-state index in [1.165, 1.54) is 40.8 Å². The lowest BCUT2D eigenvalue weighted by Gasteiger charge is -2.39. The van der Waals surface area contributed by atoms with E-state index in [9.17, 15) is 0 Å². The Morgan fingerprint density at radius 1 is 1.07 bits per heavy atom. The summed E-state index contributed by atoms with van der Waals surface area (Å²) >= 11 is 6.05. The van der Waals surface area contributed by atoms with E-state index in [0.717, 1.165) is 43.0 Å². The topological polar surface area (TPSA) is 12.5 Å². The second-order valence-corrected chi connectivity index (χ2v) is 8.22. The van der Waals surface area contributed by atoms with Gasteiger partial charge in [0.1, 0.15) is 5.76 Å². The number of likely N-dealkylation sites (tertiary alicyclic amines) is 1. The van der Waals surface area contributed by atoms with Crippen molar-refractivity contribution in [1.29, 1.82) is 0 Å². The van der Waals surface area contributed by atoms with Crippen LogP contribution < -0.4 is 0 Å². The van der Waals surface area contributed by atoms with Crippen LogP contribution in [0, 0.1) is 0 Å². The highest BCUT2D eigenvalue weighted by molar-refractivity contribution is 6.30. The van der Waals surface area contributed by atoms with Gasteiger partial charge in [0.05, 0.1) is 13.2 Å². The van der Waals surface area contributed by atoms with Crippen LogP contribution in [-0.4, -0.2) is 24.6 Å². The first-order valence-corrected chi connectivity index (χ1v) is 11.0. The molecule has 1 atom stereocenters. The number of nitrogens with zero attached hydrogens (tertiary/aromatic N) is 1. The molecule has 154 valence electrons. The summed E-state index contributed by atoms with van der Waals surface area (Å²) in [7, 11) is 1.72. The van der Waals surface area contributed by atoms with E-state index in [-0.39, 0.29) is 6.04 Å². The molecule has 3 heteroatoms. The molecule has 1 aliphatic heterocycles. The van der Waals surface area contributed by atoms with Crippen molar-refractivity contribution >= 4 is 11.6 Å². The highest BCUT2D eigenvalue weighted by Crippen LogP contribution is 2.29. The Balaban J connectivity index is 1.74. The lowest BCUT2D eigenvalue weighted by atomic mass is 9.94. The Labute approximate surface area is 180 Å². The van der Waals surface area contributed by atoms with Crippen LogP contribution in [0.25, 0.3) is 11.1 Å². The van der Waals surface area contributed by atoms with Gasteiger partial charge in [-0.25, -0.2) is 0 Å². The molecule has 0 saturated carbocycles. The summed E-state index contributed by atoms with van der Waals surface area (Å²) in [4.78, 5) is 2.41. The Bertz CT molecular complexity index is 856. The zero-order chi connectivity index (χ0) is 20.8. The molecule has 0 amide bonds. The first-order chi connectivity index (χ1) is 14.0. The lowest BCUT2D eigenvalue weighted by molar-refractivity contribution is 0.145. The molecule has 0 bridgehead atoms. The molecule has 29 heavy (non-hydrogen) atoms. The lowest BCUT2D eigenvalue weighted by Crippen LogP contribution is -2.40. The molecule has 0 aromatic heterocycles. The third kappa shape index (κ3) is 5.25. The third-order valence-electron chi connectivity index (χ3n) is 5.99. The highest BCUT2D eigenvalue weighted by Gasteiger charge is 2.26. The predicted octanol–water partition coefficient (Wildman–Crippen LogP) is 7.03. The fourth-order valence-corrected chi connectivity index (χ4v) is 4.35. The van der Waals surface area contributed by atoms with Gasteiger partial charge < -0.3 is 9.64 Å². The van der Waals surface area contributed by atoms with E-state index in [1.54, 1.807) is 7.11 Å². The molecule has 1 fully saturated rings. The molecular weight excluding hydrogens is 378 g/mol. The summed E-state index contributed by atoms with van der Waals surface area (Å²) in [6.07, 6.45) is 6.50. The second kappa shape index (κ2) is 10.0.